The summed E-state index contributed by atoms with van der Waals surface area (Å²) >= 11 is 0. The normalized spacial score (nSPS) is 18.1. The molecule has 1 heterocycles. The van der Waals surface area contributed by atoms with Crippen molar-refractivity contribution in [2.75, 3.05) is 13.2 Å². The summed E-state index contributed by atoms with van der Waals surface area (Å²) in [6, 6.07) is 7.11. The Kier molecular flexibility index (Phi) is 7.50. The molecule has 0 amide bonds. The highest BCUT2D eigenvalue weighted by Gasteiger charge is 2.25. The van der Waals surface area contributed by atoms with Crippen molar-refractivity contribution in [3.8, 4) is 11.8 Å². The van der Waals surface area contributed by atoms with E-state index in [0.717, 1.165) is 31.7 Å². The van der Waals surface area contributed by atoms with Crippen LogP contribution in [0.2, 0.25) is 0 Å². The van der Waals surface area contributed by atoms with E-state index in [1.54, 1.807) is 0 Å². The number of ether oxygens (including phenoxy) is 2. The summed E-state index contributed by atoms with van der Waals surface area (Å²) < 4.78 is 81.7. The Morgan fingerprint density at radius 1 is 0.824 bits per heavy atom. The van der Waals surface area contributed by atoms with Crippen LogP contribution in [0.5, 0.6) is 0 Å². The van der Waals surface area contributed by atoms with Gasteiger partial charge in [0.1, 0.15) is 17.7 Å². The lowest BCUT2D eigenvalue weighted by Crippen LogP contribution is -2.31. The standard InChI is InChI=1S/C27H23F5O2/c1-2-3-4-5-19-14-34-25(15-33-19)18-12-22(28)21(23(29)13-18)9-7-16-6-8-20-17(10-16)11-24(30)27(32)26(20)31/h6,8,10-13,19,25H,2-5,14-15H2,1H3/t19-,25-/m1/s1. The molecule has 3 aromatic rings. The van der Waals surface area contributed by atoms with Crippen LogP contribution in [-0.4, -0.2) is 19.3 Å². The van der Waals surface area contributed by atoms with Crippen LogP contribution in [0.15, 0.2) is 36.4 Å². The first-order valence-electron chi connectivity index (χ1n) is 11.2. The van der Waals surface area contributed by atoms with Crippen molar-refractivity contribution in [1.29, 1.82) is 0 Å². The summed E-state index contributed by atoms with van der Waals surface area (Å²) in [6.45, 7) is 2.70. The molecule has 2 atom stereocenters. The molecular weight excluding hydrogens is 451 g/mol. The molecule has 0 aliphatic carbocycles. The van der Waals surface area contributed by atoms with Crippen LogP contribution < -0.4 is 0 Å². The second-order valence-electron chi connectivity index (χ2n) is 8.30. The molecule has 2 nitrogen and oxygen atoms in total. The first-order valence-corrected chi connectivity index (χ1v) is 11.2. The third kappa shape index (κ3) is 5.24. The van der Waals surface area contributed by atoms with E-state index in [1.807, 2.05) is 0 Å². The lowest BCUT2D eigenvalue weighted by atomic mass is 10.0. The van der Waals surface area contributed by atoms with Gasteiger partial charge in [0.05, 0.1) is 24.9 Å². The molecule has 1 aliphatic heterocycles. The first kappa shape index (κ1) is 24.2. The number of hydrogen-bond acceptors (Lipinski definition) is 2. The second-order valence-corrected chi connectivity index (χ2v) is 8.30. The average molecular weight is 474 g/mol. The van der Waals surface area contributed by atoms with E-state index in [4.69, 9.17) is 9.47 Å². The molecule has 0 radical (unpaired) electrons. The Hall–Kier alpha value is -2.95. The summed E-state index contributed by atoms with van der Waals surface area (Å²) in [6.07, 6.45) is 3.59. The smallest absolute Gasteiger partial charge is 0.195 e. The topological polar surface area (TPSA) is 18.5 Å². The van der Waals surface area contributed by atoms with Crippen molar-refractivity contribution in [2.45, 2.75) is 44.8 Å². The van der Waals surface area contributed by atoms with Gasteiger partial charge in [-0.25, -0.2) is 22.0 Å². The molecular formula is C27H23F5O2. The molecule has 3 aromatic carbocycles. The zero-order valence-electron chi connectivity index (χ0n) is 18.6. The van der Waals surface area contributed by atoms with Crippen molar-refractivity contribution in [3.63, 3.8) is 0 Å². The molecule has 0 N–H and O–H groups in total. The third-order valence-corrected chi connectivity index (χ3v) is 5.84. The maximum Gasteiger partial charge on any atom is 0.195 e. The average Bonchev–Trinajstić information content (AvgIpc) is 2.82. The quantitative estimate of drug-likeness (QED) is 0.172. The SMILES string of the molecule is CCCCC[C@@H]1CO[C@@H](c2cc(F)c(C#Cc3ccc4c(F)c(F)c(F)cc4c3)c(F)c2)CO1. The van der Waals surface area contributed by atoms with Gasteiger partial charge in [-0.1, -0.05) is 44.1 Å². The predicted octanol–water partition coefficient (Wildman–Crippen LogP) is 6.97. The van der Waals surface area contributed by atoms with Crippen LogP contribution >= 0.6 is 0 Å². The van der Waals surface area contributed by atoms with Gasteiger partial charge < -0.3 is 9.47 Å². The largest absolute Gasteiger partial charge is 0.373 e. The summed E-state index contributed by atoms with van der Waals surface area (Å²) in [5.74, 6) is -0.866. The van der Waals surface area contributed by atoms with Gasteiger partial charge in [-0.3, -0.25) is 0 Å². The van der Waals surface area contributed by atoms with Crippen LogP contribution in [0.25, 0.3) is 10.8 Å². The Morgan fingerprint density at radius 2 is 1.59 bits per heavy atom. The number of benzene rings is 3. The second kappa shape index (κ2) is 10.5. The lowest BCUT2D eigenvalue weighted by Gasteiger charge is -2.30. The van der Waals surface area contributed by atoms with Gasteiger partial charge in [0.15, 0.2) is 17.5 Å². The van der Waals surface area contributed by atoms with Crippen LogP contribution in [-0.2, 0) is 9.47 Å². The highest BCUT2D eigenvalue weighted by molar-refractivity contribution is 5.84. The molecule has 1 saturated heterocycles. The molecule has 7 heteroatoms. The molecule has 178 valence electrons. The predicted molar refractivity (Wildman–Crippen MR) is 119 cm³/mol. The highest BCUT2D eigenvalue weighted by Crippen LogP contribution is 2.28. The van der Waals surface area contributed by atoms with Crippen molar-refractivity contribution >= 4 is 10.8 Å². The molecule has 1 fully saturated rings. The zero-order chi connectivity index (χ0) is 24.2. The minimum Gasteiger partial charge on any atom is -0.373 e. The fraction of sp³-hybridized carbons (Fsp3) is 0.333. The Bertz CT molecular complexity index is 1230. The van der Waals surface area contributed by atoms with Crippen LogP contribution in [0.4, 0.5) is 22.0 Å². The third-order valence-electron chi connectivity index (χ3n) is 5.84. The van der Waals surface area contributed by atoms with E-state index in [9.17, 15) is 22.0 Å². The molecule has 0 saturated carbocycles. The summed E-state index contributed by atoms with van der Waals surface area (Å²) in [4.78, 5) is 0. The minimum atomic E-state index is -1.56. The Labute approximate surface area is 194 Å². The number of hydrogen-bond donors (Lipinski definition) is 0. The molecule has 4 rings (SSSR count). The maximum atomic E-state index is 14.7. The van der Waals surface area contributed by atoms with Gasteiger partial charge in [-0.15, -0.1) is 0 Å². The molecule has 0 bridgehead atoms. The zero-order valence-corrected chi connectivity index (χ0v) is 18.6. The van der Waals surface area contributed by atoms with Crippen molar-refractivity contribution in [3.05, 3.63) is 82.2 Å². The van der Waals surface area contributed by atoms with Crippen molar-refractivity contribution < 1.29 is 31.4 Å². The van der Waals surface area contributed by atoms with Gasteiger partial charge >= 0.3 is 0 Å². The van der Waals surface area contributed by atoms with Crippen molar-refractivity contribution in [1.82, 2.24) is 0 Å². The molecule has 34 heavy (non-hydrogen) atoms. The Morgan fingerprint density at radius 3 is 2.26 bits per heavy atom. The molecule has 1 aliphatic rings. The summed E-state index contributed by atoms with van der Waals surface area (Å²) in [5, 5.41) is -0.0320. The monoisotopic (exact) mass is 474 g/mol. The van der Waals surface area contributed by atoms with E-state index >= 15 is 0 Å². The lowest BCUT2D eigenvalue weighted by molar-refractivity contribution is -0.137. The number of rotatable bonds is 5. The number of unbranched alkanes of at least 4 members (excludes halogenated alkanes) is 2. The first-order chi connectivity index (χ1) is 16.4. The van der Waals surface area contributed by atoms with Crippen LogP contribution in [0, 0.1) is 40.9 Å². The highest BCUT2D eigenvalue weighted by atomic mass is 19.2. The van der Waals surface area contributed by atoms with E-state index in [-0.39, 0.29) is 29.0 Å². The van der Waals surface area contributed by atoms with Crippen molar-refractivity contribution in [2.24, 2.45) is 0 Å². The van der Waals surface area contributed by atoms with Crippen LogP contribution in [0.1, 0.15) is 55.4 Å². The fourth-order valence-electron chi connectivity index (χ4n) is 3.94. The maximum absolute atomic E-state index is 14.7. The summed E-state index contributed by atoms with van der Waals surface area (Å²) in [7, 11) is 0. The summed E-state index contributed by atoms with van der Waals surface area (Å²) in [5.41, 5.74) is 0.152. The number of fused-ring (bicyclic) bond motifs is 1. The van der Waals surface area contributed by atoms with Gasteiger partial charge in [-0.2, -0.15) is 0 Å². The van der Waals surface area contributed by atoms with Gasteiger partial charge in [0.25, 0.3) is 0 Å². The van der Waals surface area contributed by atoms with Gasteiger partial charge in [0, 0.05) is 10.9 Å². The molecule has 0 unspecified atom stereocenters. The minimum absolute atomic E-state index is 0.0111. The number of halogens is 5. The van der Waals surface area contributed by atoms with Gasteiger partial charge in [-0.05, 0) is 47.7 Å². The van der Waals surface area contributed by atoms with Crippen LogP contribution in [0.3, 0.4) is 0 Å². The van der Waals surface area contributed by atoms with E-state index in [1.165, 1.54) is 30.3 Å². The fourth-order valence-corrected chi connectivity index (χ4v) is 3.94. The molecule has 0 aromatic heterocycles. The molecule has 0 spiro atoms. The van der Waals surface area contributed by atoms with E-state index in [0.29, 0.717) is 12.2 Å². The Balaban J connectivity index is 1.50. The van der Waals surface area contributed by atoms with E-state index < -0.39 is 40.8 Å². The van der Waals surface area contributed by atoms with E-state index in [2.05, 4.69) is 18.8 Å². The van der Waals surface area contributed by atoms with Gasteiger partial charge in [0.2, 0.25) is 0 Å².